The Labute approximate surface area is 194 Å². The van der Waals surface area contributed by atoms with Crippen molar-refractivity contribution >= 4 is 28.5 Å². The van der Waals surface area contributed by atoms with Crippen molar-refractivity contribution in [3.05, 3.63) is 59.2 Å². The van der Waals surface area contributed by atoms with Gasteiger partial charge >= 0.3 is 5.97 Å². The van der Waals surface area contributed by atoms with Crippen LogP contribution in [0.3, 0.4) is 0 Å². The average Bonchev–Trinajstić information content (AvgIpc) is 3.04. The van der Waals surface area contributed by atoms with E-state index in [0.29, 0.717) is 40.8 Å². The van der Waals surface area contributed by atoms with Crippen molar-refractivity contribution in [1.82, 2.24) is 4.57 Å². The fourth-order valence-corrected chi connectivity index (χ4v) is 6.63. The van der Waals surface area contributed by atoms with E-state index in [1.165, 1.54) is 25.7 Å². The van der Waals surface area contributed by atoms with Crippen molar-refractivity contribution in [3.8, 4) is 11.5 Å². The van der Waals surface area contributed by atoms with Crippen LogP contribution in [0.5, 0.6) is 11.5 Å². The van der Waals surface area contributed by atoms with Gasteiger partial charge in [-0.25, -0.2) is 4.79 Å². The van der Waals surface area contributed by atoms with Gasteiger partial charge in [-0.1, -0.05) is 43.6 Å². The molecule has 32 heavy (non-hydrogen) atoms. The Morgan fingerprint density at radius 3 is 2.62 bits per heavy atom. The third-order valence-electron chi connectivity index (χ3n) is 7.66. The summed E-state index contributed by atoms with van der Waals surface area (Å²) in [5, 5.41) is 11.6. The van der Waals surface area contributed by atoms with Crippen LogP contribution in [0.1, 0.15) is 50.0 Å². The summed E-state index contributed by atoms with van der Waals surface area (Å²) in [7, 11) is 0. The molecule has 0 aliphatic heterocycles. The number of aromatic nitrogens is 1. The van der Waals surface area contributed by atoms with Crippen LogP contribution in [0.2, 0.25) is 5.02 Å². The Balaban J connectivity index is 1.61. The van der Waals surface area contributed by atoms with Crippen molar-refractivity contribution < 1.29 is 14.6 Å². The molecule has 1 N–H and O–H groups in total. The number of hydrogen-bond acceptors (Lipinski definition) is 2. The fraction of sp³-hybridized carbons (Fsp3) is 0.444. The summed E-state index contributed by atoms with van der Waals surface area (Å²) in [6.07, 6.45) is 5.10. The monoisotopic (exact) mass is 451 g/mol. The van der Waals surface area contributed by atoms with E-state index in [1.54, 1.807) is 0 Å². The van der Waals surface area contributed by atoms with Gasteiger partial charge in [-0.15, -0.1) is 0 Å². The van der Waals surface area contributed by atoms with E-state index in [9.17, 15) is 9.90 Å². The van der Waals surface area contributed by atoms with E-state index in [4.69, 9.17) is 16.3 Å². The lowest BCUT2D eigenvalue weighted by Gasteiger charge is -2.46. The molecule has 0 saturated heterocycles. The lowest BCUT2D eigenvalue weighted by atomic mass is 9.60. The third kappa shape index (κ3) is 3.90. The fourth-order valence-electron chi connectivity index (χ4n) is 6.46. The van der Waals surface area contributed by atoms with Gasteiger partial charge < -0.3 is 14.4 Å². The third-order valence-corrected chi connectivity index (χ3v) is 7.89. The summed E-state index contributed by atoms with van der Waals surface area (Å²) in [5.74, 6) is 3.29. The first-order chi connectivity index (χ1) is 15.4. The van der Waals surface area contributed by atoms with Crippen molar-refractivity contribution in [2.45, 2.75) is 46.1 Å². The number of hydrogen-bond donors (Lipinski definition) is 1. The van der Waals surface area contributed by atoms with E-state index >= 15 is 0 Å². The summed E-state index contributed by atoms with van der Waals surface area (Å²) in [6.45, 7) is 5.42. The van der Waals surface area contributed by atoms with Gasteiger partial charge in [-0.3, -0.25) is 0 Å². The number of nitrogens with zero attached hydrogens (tertiary/aromatic N) is 1. The minimum atomic E-state index is -0.971. The lowest BCUT2D eigenvalue weighted by molar-refractivity contribution is 0.0366. The Morgan fingerprint density at radius 2 is 1.88 bits per heavy atom. The van der Waals surface area contributed by atoms with Crippen LogP contribution in [0, 0.1) is 29.6 Å². The number of rotatable bonds is 5. The minimum Gasteiger partial charge on any atom is -0.476 e. The molecule has 1 aromatic heterocycles. The number of para-hydroxylation sites is 1. The average molecular weight is 452 g/mol. The Bertz CT molecular complexity index is 1130. The predicted molar refractivity (Wildman–Crippen MR) is 128 cm³/mol. The molecular weight excluding hydrogens is 422 g/mol. The van der Waals surface area contributed by atoms with Crippen LogP contribution in [-0.2, 0) is 6.54 Å². The molecule has 5 unspecified atom stereocenters. The van der Waals surface area contributed by atoms with E-state index in [1.807, 2.05) is 53.1 Å². The van der Waals surface area contributed by atoms with Crippen LogP contribution in [0.25, 0.3) is 10.9 Å². The molecule has 5 heteroatoms. The van der Waals surface area contributed by atoms with Gasteiger partial charge in [-0.2, -0.15) is 0 Å². The molecule has 0 radical (unpaired) electrons. The zero-order chi connectivity index (χ0) is 22.4. The highest BCUT2D eigenvalue weighted by Gasteiger charge is 2.41. The van der Waals surface area contributed by atoms with E-state index in [2.05, 4.69) is 13.8 Å². The molecule has 2 fully saturated rings. The molecule has 0 spiro atoms. The smallest absolute Gasteiger partial charge is 0.356 e. The van der Waals surface area contributed by atoms with E-state index in [0.717, 1.165) is 22.7 Å². The number of aromatic carboxylic acids is 1. The molecule has 5 rings (SSSR count). The first-order valence-corrected chi connectivity index (χ1v) is 12.1. The molecule has 5 atom stereocenters. The number of fused-ring (bicyclic) bond motifs is 3. The maximum absolute atomic E-state index is 12.5. The molecule has 2 aromatic carbocycles. The number of halogens is 1. The molecule has 1 heterocycles. The SMILES string of the molecule is CC1CC2CC(C)C(Cn3c(C(=O)O)c(Oc4ccccc4)c4cc(Cl)ccc43)C(C1)C2. The summed E-state index contributed by atoms with van der Waals surface area (Å²) < 4.78 is 8.15. The number of ether oxygens (including phenoxy) is 1. The van der Waals surface area contributed by atoms with Crippen molar-refractivity contribution in [3.63, 3.8) is 0 Å². The standard InChI is InChI=1S/C27H30ClNO3/c1-16-10-18-12-17(2)23(19(11-16)13-18)15-29-24-9-8-20(28)14-22(24)26(25(29)27(30)31)32-21-6-4-3-5-7-21/h3-9,14,16-19,23H,10-13,15H2,1-2H3,(H,30,31). The van der Waals surface area contributed by atoms with Gasteiger partial charge in [0.05, 0.1) is 5.52 Å². The van der Waals surface area contributed by atoms with Crippen molar-refractivity contribution in [2.75, 3.05) is 0 Å². The molecule has 4 nitrogen and oxygen atoms in total. The minimum absolute atomic E-state index is 0.212. The van der Waals surface area contributed by atoms with E-state index in [-0.39, 0.29) is 5.69 Å². The molecular formula is C27H30ClNO3. The van der Waals surface area contributed by atoms with Crippen molar-refractivity contribution in [2.24, 2.45) is 29.6 Å². The maximum atomic E-state index is 12.5. The van der Waals surface area contributed by atoms with Gasteiger partial charge in [0, 0.05) is 17.0 Å². The first-order valence-electron chi connectivity index (χ1n) is 11.7. The number of carboxylic acid groups (broad SMARTS) is 1. The second-order valence-corrected chi connectivity index (χ2v) is 10.4. The maximum Gasteiger partial charge on any atom is 0.356 e. The number of benzene rings is 2. The zero-order valence-electron chi connectivity index (χ0n) is 18.6. The lowest BCUT2D eigenvalue weighted by Crippen LogP contribution is -2.39. The van der Waals surface area contributed by atoms with Gasteiger partial charge in [-0.05, 0) is 85.6 Å². The molecule has 2 bridgehead atoms. The van der Waals surface area contributed by atoms with Crippen LogP contribution >= 0.6 is 11.6 Å². The second-order valence-electron chi connectivity index (χ2n) is 9.99. The first kappa shape index (κ1) is 21.4. The largest absolute Gasteiger partial charge is 0.476 e. The summed E-state index contributed by atoms with van der Waals surface area (Å²) >= 11 is 6.32. The molecule has 2 aliphatic rings. The van der Waals surface area contributed by atoms with Crippen LogP contribution in [-0.4, -0.2) is 15.6 Å². The van der Waals surface area contributed by atoms with Gasteiger partial charge in [0.15, 0.2) is 11.4 Å². The highest BCUT2D eigenvalue weighted by Crippen LogP contribution is 2.49. The molecule has 2 saturated carbocycles. The summed E-state index contributed by atoms with van der Waals surface area (Å²) in [5.41, 5.74) is 1.08. The van der Waals surface area contributed by atoms with Crippen LogP contribution in [0.15, 0.2) is 48.5 Å². The normalized spacial score (nSPS) is 27.4. The van der Waals surface area contributed by atoms with Gasteiger partial charge in [0.1, 0.15) is 5.75 Å². The zero-order valence-corrected chi connectivity index (χ0v) is 19.4. The molecule has 168 valence electrons. The number of carboxylic acids is 1. The Hall–Kier alpha value is -2.46. The number of carbonyl (C=O) groups is 1. The summed E-state index contributed by atoms with van der Waals surface area (Å²) in [4.78, 5) is 12.5. The van der Waals surface area contributed by atoms with Gasteiger partial charge in [0.2, 0.25) is 0 Å². The quantitative estimate of drug-likeness (QED) is 0.437. The van der Waals surface area contributed by atoms with E-state index < -0.39 is 5.97 Å². The highest BCUT2D eigenvalue weighted by atomic mass is 35.5. The highest BCUT2D eigenvalue weighted by molar-refractivity contribution is 6.31. The second kappa shape index (κ2) is 8.47. The van der Waals surface area contributed by atoms with Crippen molar-refractivity contribution in [1.29, 1.82) is 0 Å². The van der Waals surface area contributed by atoms with Crippen LogP contribution in [0.4, 0.5) is 0 Å². The molecule has 3 aromatic rings. The Kier molecular flexibility index (Phi) is 5.66. The molecule has 0 amide bonds. The Morgan fingerprint density at radius 1 is 1.09 bits per heavy atom. The molecule has 2 aliphatic carbocycles. The summed E-state index contributed by atoms with van der Waals surface area (Å²) in [6, 6.07) is 14.9. The topological polar surface area (TPSA) is 51.5 Å². The van der Waals surface area contributed by atoms with Crippen LogP contribution < -0.4 is 4.74 Å². The predicted octanol–water partition coefficient (Wildman–Crippen LogP) is 7.49. The van der Waals surface area contributed by atoms with Gasteiger partial charge in [0.25, 0.3) is 0 Å².